The average molecular weight is 317 g/mol. The average Bonchev–Trinajstić information content (AvgIpc) is 2.49. The first-order chi connectivity index (χ1) is 9.51. The van der Waals surface area contributed by atoms with E-state index in [0.29, 0.717) is 17.4 Å². The largest absolute Gasteiger partial charge is 0.349 e. The molecule has 0 aliphatic heterocycles. The minimum absolute atomic E-state index is 0.0475. The van der Waals surface area contributed by atoms with E-state index in [2.05, 4.69) is 35.8 Å². The minimum Gasteiger partial charge on any atom is -0.349 e. The highest BCUT2D eigenvalue weighted by atomic mass is 35.5. The maximum absolute atomic E-state index is 12.2. The summed E-state index contributed by atoms with van der Waals surface area (Å²) in [6.45, 7) is 4.82. The van der Waals surface area contributed by atoms with Crippen molar-refractivity contribution >= 4 is 35.1 Å². The quantitative estimate of drug-likeness (QED) is 0.532. The summed E-state index contributed by atoms with van der Waals surface area (Å²) in [7, 11) is 0. The highest BCUT2D eigenvalue weighted by molar-refractivity contribution is 8.00. The number of hydrogen-bond acceptors (Lipinski definition) is 5. The number of nitrogens with one attached hydrogen (secondary N) is 2. The van der Waals surface area contributed by atoms with Crippen LogP contribution < -0.4 is 16.6 Å². The van der Waals surface area contributed by atoms with Gasteiger partial charge in [0, 0.05) is 11.3 Å². The van der Waals surface area contributed by atoms with Crippen LogP contribution in [0.2, 0.25) is 5.02 Å². The molecular weight excluding hydrogens is 296 g/mol. The second-order valence-corrected chi connectivity index (χ2v) is 6.13. The van der Waals surface area contributed by atoms with E-state index in [9.17, 15) is 4.79 Å². The molecule has 0 saturated heterocycles. The number of thioether (sulfide) groups is 1. The second kappa shape index (κ2) is 7.71. The Morgan fingerprint density at radius 3 is 2.60 bits per heavy atom. The first kappa shape index (κ1) is 17.1. The molecule has 0 aromatic carbocycles. The molecule has 20 heavy (non-hydrogen) atoms. The summed E-state index contributed by atoms with van der Waals surface area (Å²) < 4.78 is 0.0475. The van der Waals surface area contributed by atoms with Gasteiger partial charge >= 0.3 is 0 Å². The fourth-order valence-electron chi connectivity index (χ4n) is 1.87. The number of nitrogen functional groups attached to an aromatic ring is 1. The van der Waals surface area contributed by atoms with Crippen molar-refractivity contribution in [2.75, 3.05) is 18.2 Å². The fraction of sp³-hybridized carbons (Fsp3) is 0.538. The van der Waals surface area contributed by atoms with E-state index < -0.39 is 0 Å². The predicted molar refractivity (Wildman–Crippen MR) is 86.2 cm³/mol. The summed E-state index contributed by atoms with van der Waals surface area (Å²) in [5.41, 5.74) is 2.59. The van der Waals surface area contributed by atoms with Gasteiger partial charge in [0.1, 0.15) is 11.5 Å². The van der Waals surface area contributed by atoms with Crippen LogP contribution in [-0.2, 0) is 0 Å². The van der Waals surface area contributed by atoms with Crippen molar-refractivity contribution in [3.05, 3.63) is 22.8 Å². The normalized spacial score (nSPS) is 11.2. The summed E-state index contributed by atoms with van der Waals surface area (Å²) in [6, 6.07) is 3.21. The fourth-order valence-corrected chi connectivity index (χ4v) is 2.85. The van der Waals surface area contributed by atoms with Gasteiger partial charge in [-0.25, -0.2) is 10.8 Å². The number of anilines is 1. The lowest BCUT2D eigenvalue weighted by Crippen LogP contribution is -2.40. The highest BCUT2D eigenvalue weighted by Gasteiger charge is 2.26. The molecule has 0 aliphatic rings. The molecule has 0 atom stereocenters. The Labute approximate surface area is 129 Å². The number of hydrazine groups is 1. The Kier molecular flexibility index (Phi) is 6.58. The van der Waals surface area contributed by atoms with Gasteiger partial charge in [-0.2, -0.15) is 11.8 Å². The molecule has 1 aromatic rings. The summed E-state index contributed by atoms with van der Waals surface area (Å²) in [5.74, 6) is 5.41. The molecular formula is C13H21ClN4OS. The molecule has 1 rings (SSSR count). The maximum atomic E-state index is 12.2. The molecule has 7 heteroatoms. The van der Waals surface area contributed by atoms with Crippen molar-refractivity contribution < 1.29 is 4.79 Å². The Bertz CT molecular complexity index is 457. The van der Waals surface area contributed by atoms with Crippen LogP contribution >= 0.6 is 23.4 Å². The summed E-state index contributed by atoms with van der Waals surface area (Å²) in [5, 5.41) is 3.22. The third-order valence-corrected chi connectivity index (χ3v) is 5.39. The van der Waals surface area contributed by atoms with Crippen LogP contribution in [-0.4, -0.2) is 28.4 Å². The zero-order chi connectivity index (χ0) is 15.2. The molecule has 112 valence electrons. The van der Waals surface area contributed by atoms with E-state index in [0.717, 1.165) is 12.8 Å². The van der Waals surface area contributed by atoms with Gasteiger partial charge in [0.2, 0.25) is 0 Å². The van der Waals surface area contributed by atoms with Crippen LogP contribution in [0.1, 0.15) is 37.2 Å². The van der Waals surface area contributed by atoms with Gasteiger partial charge in [-0.05, 0) is 31.2 Å². The van der Waals surface area contributed by atoms with Crippen LogP contribution in [0.4, 0.5) is 5.82 Å². The molecule has 4 N–H and O–H groups in total. The smallest absolute Gasteiger partial charge is 0.271 e. The first-order valence-corrected chi connectivity index (χ1v) is 8.08. The summed E-state index contributed by atoms with van der Waals surface area (Å²) >= 11 is 7.77. The highest BCUT2D eigenvalue weighted by Crippen LogP contribution is 2.29. The molecule has 0 fully saturated rings. The number of nitrogens with two attached hydrogens (primary N) is 1. The first-order valence-electron chi connectivity index (χ1n) is 6.48. The van der Waals surface area contributed by atoms with Gasteiger partial charge in [0.25, 0.3) is 5.91 Å². The van der Waals surface area contributed by atoms with Gasteiger partial charge in [0.15, 0.2) is 0 Å². The number of nitrogens with zero attached hydrogens (tertiary/aromatic N) is 1. The van der Waals surface area contributed by atoms with Gasteiger partial charge in [-0.3, -0.25) is 4.79 Å². The summed E-state index contributed by atoms with van der Waals surface area (Å²) in [6.07, 6.45) is 4.02. The third-order valence-electron chi connectivity index (χ3n) is 3.50. The number of aromatic nitrogens is 1. The lowest BCUT2D eigenvalue weighted by molar-refractivity contribution is 0.0944. The molecule has 1 aromatic heterocycles. The number of pyridine rings is 1. The minimum atomic E-state index is -0.285. The number of hydrogen-bond donors (Lipinski definition) is 3. The maximum Gasteiger partial charge on any atom is 0.271 e. The predicted octanol–water partition coefficient (Wildman–Crippen LogP) is 2.67. The van der Waals surface area contributed by atoms with Crippen molar-refractivity contribution in [1.82, 2.24) is 10.3 Å². The molecule has 1 heterocycles. The Morgan fingerprint density at radius 2 is 2.10 bits per heavy atom. The van der Waals surface area contributed by atoms with Crippen molar-refractivity contribution in [3.8, 4) is 0 Å². The standard InChI is InChI=1S/C13H21ClN4OS/c1-4-13(5-2,20-3)8-16-12(19)11-9(14)6-7-10(17-11)18-15/h6-7H,4-5,8,15H2,1-3H3,(H,16,19)(H,17,18). The number of amides is 1. The van der Waals surface area contributed by atoms with Crippen molar-refractivity contribution in [2.24, 2.45) is 5.84 Å². The van der Waals surface area contributed by atoms with Crippen molar-refractivity contribution in [2.45, 2.75) is 31.4 Å². The van der Waals surface area contributed by atoms with Crippen LogP contribution in [0.5, 0.6) is 0 Å². The topological polar surface area (TPSA) is 80.0 Å². The van der Waals surface area contributed by atoms with Crippen LogP contribution in [0.3, 0.4) is 0 Å². The van der Waals surface area contributed by atoms with E-state index >= 15 is 0 Å². The number of halogens is 1. The number of carbonyl (C=O) groups is 1. The molecule has 0 bridgehead atoms. The molecule has 1 amide bonds. The Morgan fingerprint density at radius 1 is 1.45 bits per heavy atom. The molecule has 0 saturated carbocycles. The van der Waals surface area contributed by atoms with E-state index in [1.165, 1.54) is 0 Å². The van der Waals surface area contributed by atoms with E-state index in [4.69, 9.17) is 17.4 Å². The molecule has 0 radical (unpaired) electrons. The van der Waals surface area contributed by atoms with Crippen LogP contribution in [0.15, 0.2) is 12.1 Å². The van der Waals surface area contributed by atoms with Crippen molar-refractivity contribution in [3.63, 3.8) is 0 Å². The zero-order valence-electron chi connectivity index (χ0n) is 12.0. The third kappa shape index (κ3) is 4.01. The number of carbonyl (C=O) groups excluding carboxylic acids is 1. The van der Waals surface area contributed by atoms with E-state index in [1.807, 2.05) is 0 Å². The summed E-state index contributed by atoms with van der Waals surface area (Å²) in [4.78, 5) is 16.3. The van der Waals surface area contributed by atoms with Gasteiger partial charge < -0.3 is 10.7 Å². The van der Waals surface area contributed by atoms with Crippen molar-refractivity contribution in [1.29, 1.82) is 0 Å². The molecule has 0 aliphatic carbocycles. The van der Waals surface area contributed by atoms with Crippen LogP contribution in [0.25, 0.3) is 0 Å². The lowest BCUT2D eigenvalue weighted by atomic mass is 10.0. The van der Waals surface area contributed by atoms with E-state index in [1.54, 1.807) is 23.9 Å². The second-order valence-electron chi connectivity index (χ2n) is 4.45. The molecule has 5 nitrogen and oxygen atoms in total. The molecule has 0 spiro atoms. The van der Waals surface area contributed by atoms with Gasteiger partial charge in [-0.1, -0.05) is 25.4 Å². The SMILES string of the molecule is CCC(CC)(CNC(=O)c1nc(NN)ccc1Cl)SC. The monoisotopic (exact) mass is 316 g/mol. The zero-order valence-corrected chi connectivity index (χ0v) is 13.6. The lowest BCUT2D eigenvalue weighted by Gasteiger charge is -2.29. The number of rotatable bonds is 7. The molecule has 0 unspecified atom stereocenters. The van der Waals surface area contributed by atoms with Gasteiger partial charge in [0.05, 0.1) is 5.02 Å². The van der Waals surface area contributed by atoms with Gasteiger partial charge in [-0.15, -0.1) is 0 Å². The Balaban J connectivity index is 2.81. The van der Waals surface area contributed by atoms with E-state index in [-0.39, 0.29) is 16.3 Å². The van der Waals surface area contributed by atoms with Crippen LogP contribution in [0, 0.1) is 0 Å². The Hall–Kier alpha value is -0.980.